The van der Waals surface area contributed by atoms with Crippen molar-refractivity contribution in [2.24, 2.45) is 0 Å². The minimum atomic E-state index is 0.521. The number of rotatable bonds is 1. The maximum absolute atomic E-state index is 6.32. The molecule has 0 radical (unpaired) electrons. The van der Waals surface area contributed by atoms with Crippen molar-refractivity contribution in [2.45, 2.75) is 31.3 Å². The summed E-state index contributed by atoms with van der Waals surface area (Å²) in [4.78, 5) is 6.73. The summed E-state index contributed by atoms with van der Waals surface area (Å²) in [6.07, 6.45) is 7.38. The molecular formula is C19H18ClN3. The third-order valence-corrected chi connectivity index (χ3v) is 5.83. The van der Waals surface area contributed by atoms with E-state index in [4.69, 9.17) is 11.6 Å². The summed E-state index contributed by atoms with van der Waals surface area (Å²) in [5.74, 6) is 0. The number of halogens is 1. The fraction of sp³-hybridized carbons (Fsp3) is 0.316. The fourth-order valence-electron chi connectivity index (χ4n) is 4.53. The lowest BCUT2D eigenvalue weighted by atomic mass is 9.97. The molecule has 0 aliphatic carbocycles. The van der Waals surface area contributed by atoms with E-state index in [-0.39, 0.29) is 0 Å². The summed E-state index contributed by atoms with van der Waals surface area (Å²) in [7, 11) is 2.27. The van der Waals surface area contributed by atoms with Gasteiger partial charge in [-0.3, -0.25) is 9.88 Å². The normalized spacial score (nSPS) is 23.4. The van der Waals surface area contributed by atoms with E-state index in [1.165, 1.54) is 40.7 Å². The van der Waals surface area contributed by atoms with Crippen LogP contribution in [0, 0.1) is 0 Å². The highest BCUT2D eigenvalue weighted by Gasteiger charge is 2.40. The van der Waals surface area contributed by atoms with E-state index >= 15 is 0 Å². The topological polar surface area (TPSA) is 21.1 Å². The van der Waals surface area contributed by atoms with Gasteiger partial charge in [-0.1, -0.05) is 11.6 Å². The van der Waals surface area contributed by atoms with Gasteiger partial charge in [-0.15, -0.1) is 0 Å². The smallest absolute Gasteiger partial charge is 0.0536 e. The highest BCUT2D eigenvalue weighted by molar-refractivity contribution is 6.31. The number of pyridine rings is 1. The molecule has 4 heterocycles. The van der Waals surface area contributed by atoms with Crippen molar-refractivity contribution in [3.8, 4) is 5.69 Å². The van der Waals surface area contributed by atoms with E-state index in [1.54, 1.807) is 0 Å². The van der Waals surface area contributed by atoms with Crippen LogP contribution in [0.1, 0.15) is 30.1 Å². The molecule has 2 bridgehead atoms. The second-order valence-corrected chi connectivity index (χ2v) is 7.12. The first-order valence-corrected chi connectivity index (χ1v) is 8.57. The minimum Gasteiger partial charge on any atom is -0.313 e. The Bertz CT molecular complexity index is 900. The first kappa shape index (κ1) is 13.6. The summed E-state index contributed by atoms with van der Waals surface area (Å²) >= 11 is 6.32. The fourth-order valence-corrected chi connectivity index (χ4v) is 4.70. The third-order valence-electron chi connectivity index (χ3n) is 5.59. The van der Waals surface area contributed by atoms with Crippen LogP contribution in [0.2, 0.25) is 5.02 Å². The zero-order valence-corrected chi connectivity index (χ0v) is 13.8. The molecule has 2 aliphatic heterocycles. The Morgan fingerprint density at radius 2 is 1.96 bits per heavy atom. The highest BCUT2D eigenvalue weighted by Crippen LogP contribution is 2.47. The Kier molecular flexibility index (Phi) is 2.85. The molecule has 5 rings (SSSR count). The van der Waals surface area contributed by atoms with Crippen LogP contribution in [0.15, 0.2) is 42.7 Å². The molecule has 0 N–H and O–H groups in total. The molecule has 23 heavy (non-hydrogen) atoms. The maximum atomic E-state index is 6.32. The summed E-state index contributed by atoms with van der Waals surface area (Å²) < 4.78 is 2.42. The van der Waals surface area contributed by atoms with Crippen molar-refractivity contribution >= 4 is 22.5 Å². The zero-order chi connectivity index (χ0) is 15.6. The van der Waals surface area contributed by atoms with Crippen molar-refractivity contribution in [1.82, 2.24) is 14.5 Å². The zero-order valence-electron chi connectivity index (χ0n) is 13.0. The van der Waals surface area contributed by atoms with E-state index in [2.05, 4.69) is 45.8 Å². The SMILES string of the molecule is CN1C2CCC1c1c(n(-c3ccncc3)c3ccc(Cl)cc13)C2. The van der Waals surface area contributed by atoms with E-state index in [1.807, 2.05) is 18.5 Å². The Morgan fingerprint density at radius 1 is 1.13 bits per heavy atom. The predicted octanol–water partition coefficient (Wildman–Crippen LogP) is 4.37. The summed E-state index contributed by atoms with van der Waals surface area (Å²) in [6.45, 7) is 0. The number of aromatic nitrogens is 2. The van der Waals surface area contributed by atoms with E-state index in [0.717, 1.165) is 11.4 Å². The van der Waals surface area contributed by atoms with Gasteiger partial charge in [0.15, 0.2) is 0 Å². The van der Waals surface area contributed by atoms with Crippen molar-refractivity contribution < 1.29 is 0 Å². The summed E-state index contributed by atoms with van der Waals surface area (Å²) in [6, 6.07) is 11.7. The standard InChI is InChI=1S/C19H18ClN3/c1-22-14-3-5-17(22)19-15-10-12(20)2-4-16(15)23(18(19)11-14)13-6-8-21-9-7-13/h2,4,6-10,14,17H,3,5,11H2,1H3. The van der Waals surface area contributed by atoms with Gasteiger partial charge in [-0.25, -0.2) is 0 Å². The van der Waals surface area contributed by atoms with Crippen LogP contribution in [0.25, 0.3) is 16.6 Å². The highest BCUT2D eigenvalue weighted by atomic mass is 35.5. The van der Waals surface area contributed by atoms with Crippen molar-refractivity contribution in [3.63, 3.8) is 0 Å². The Hall–Kier alpha value is -1.84. The van der Waals surface area contributed by atoms with Crippen LogP contribution in [-0.2, 0) is 6.42 Å². The molecule has 4 heteroatoms. The lowest BCUT2D eigenvalue weighted by Crippen LogP contribution is -2.34. The second-order valence-electron chi connectivity index (χ2n) is 6.68. The van der Waals surface area contributed by atoms with Gasteiger partial charge < -0.3 is 4.57 Å². The average Bonchev–Trinajstić information content (AvgIpc) is 2.99. The number of hydrogen-bond acceptors (Lipinski definition) is 2. The molecule has 2 aromatic heterocycles. The maximum Gasteiger partial charge on any atom is 0.0536 e. The molecule has 0 saturated carbocycles. The molecule has 116 valence electrons. The van der Waals surface area contributed by atoms with Crippen LogP contribution in [0.5, 0.6) is 0 Å². The summed E-state index contributed by atoms with van der Waals surface area (Å²) in [5, 5.41) is 2.12. The molecule has 1 fully saturated rings. The van der Waals surface area contributed by atoms with Crippen molar-refractivity contribution in [1.29, 1.82) is 0 Å². The Morgan fingerprint density at radius 3 is 2.78 bits per heavy atom. The lowest BCUT2D eigenvalue weighted by Gasteiger charge is -2.32. The van der Waals surface area contributed by atoms with Crippen LogP contribution >= 0.6 is 11.6 Å². The molecule has 1 aromatic carbocycles. The van der Waals surface area contributed by atoms with Gasteiger partial charge in [0.05, 0.1) is 5.52 Å². The number of hydrogen-bond donors (Lipinski definition) is 0. The number of nitrogens with zero attached hydrogens (tertiary/aromatic N) is 3. The molecule has 2 unspecified atom stereocenters. The predicted molar refractivity (Wildman–Crippen MR) is 93.3 cm³/mol. The molecule has 0 spiro atoms. The minimum absolute atomic E-state index is 0.521. The van der Waals surface area contributed by atoms with Gasteiger partial charge in [0.2, 0.25) is 0 Å². The van der Waals surface area contributed by atoms with Gasteiger partial charge in [0.25, 0.3) is 0 Å². The third kappa shape index (κ3) is 1.84. The van der Waals surface area contributed by atoms with Crippen LogP contribution in [0.4, 0.5) is 0 Å². The van der Waals surface area contributed by atoms with Crippen molar-refractivity contribution in [2.75, 3.05) is 7.05 Å². The van der Waals surface area contributed by atoms with Gasteiger partial charge in [-0.05, 0) is 55.8 Å². The van der Waals surface area contributed by atoms with Crippen LogP contribution in [-0.4, -0.2) is 27.5 Å². The Labute approximate surface area is 140 Å². The molecular weight excluding hydrogens is 306 g/mol. The first-order chi connectivity index (χ1) is 11.2. The molecule has 3 aromatic rings. The largest absolute Gasteiger partial charge is 0.313 e. The number of likely N-dealkylation sites (N-methyl/N-ethyl adjacent to an activating group) is 1. The molecule has 1 saturated heterocycles. The molecule has 2 aliphatic rings. The second kappa shape index (κ2) is 4.83. The lowest BCUT2D eigenvalue weighted by molar-refractivity contribution is 0.223. The van der Waals surface area contributed by atoms with E-state index < -0.39 is 0 Å². The molecule has 3 nitrogen and oxygen atoms in total. The first-order valence-electron chi connectivity index (χ1n) is 8.19. The molecule has 0 amide bonds. The summed E-state index contributed by atoms with van der Waals surface area (Å²) in [5.41, 5.74) is 5.39. The Balaban J connectivity index is 1.88. The monoisotopic (exact) mass is 323 g/mol. The van der Waals surface area contributed by atoms with Gasteiger partial charge in [0.1, 0.15) is 0 Å². The van der Waals surface area contributed by atoms with Gasteiger partial charge in [-0.2, -0.15) is 0 Å². The van der Waals surface area contributed by atoms with Gasteiger partial charge >= 0.3 is 0 Å². The van der Waals surface area contributed by atoms with Crippen molar-refractivity contribution in [3.05, 3.63) is 59.0 Å². The van der Waals surface area contributed by atoms with E-state index in [0.29, 0.717) is 12.1 Å². The van der Waals surface area contributed by atoms with Gasteiger partial charge in [0, 0.05) is 52.7 Å². The average molecular weight is 324 g/mol. The molecule has 2 atom stereocenters. The quantitative estimate of drug-likeness (QED) is 0.663. The van der Waals surface area contributed by atoms with Crippen LogP contribution in [0.3, 0.4) is 0 Å². The number of benzene rings is 1. The number of fused-ring (bicyclic) bond motifs is 6. The van der Waals surface area contributed by atoms with Crippen LogP contribution < -0.4 is 0 Å². The van der Waals surface area contributed by atoms with E-state index in [9.17, 15) is 0 Å².